The monoisotopic (exact) mass is 330 g/mol. The first kappa shape index (κ1) is 16.5. The molecule has 0 aromatic heterocycles. The highest BCUT2D eigenvalue weighted by molar-refractivity contribution is 5.95. The number of carbonyl (C=O) groups excluding carboxylic acids is 1. The summed E-state index contributed by atoms with van der Waals surface area (Å²) in [6, 6.07) is 7.65. The average molecular weight is 330 g/mol. The van der Waals surface area contributed by atoms with E-state index in [1.807, 2.05) is 36.4 Å². The van der Waals surface area contributed by atoms with Gasteiger partial charge < -0.3 is 20.1 Å². The van der Waals surface area contributed by atoms with E-state index < -0.39 is 17.8 Å². The average Bonchev–Trinajstić information content (AvgIpc) is 2.63. The van der Waals surface area contributed by atoms with Crippen LogP contribution in [0.2, 0.25) is 0 Å². The lowest BCUT2D eigenvalue weighted by Crippen LogP contribution is -2.36. The summed E-state index contributed by atoms with van der Waals surface area (Å²) in [5.41, 5.74) is 1.79. The van der Waals surface area contributed by atoms with Gasteiger partial charge >= 0.3 is 5.97 Å². The maximum Gasteiger partial charge on any atom is 0.307 e. The summed E-state index contributed by atoms with van der Waals surface area (Å²) in [5.74, 6) is -2.32. The van der Waals surface area contributed by atoms with Crippen molar-refractivity contribution in [2.45, 2.75) is 12.8 Å². The summed E-state index contributed by atoms with van der Waals surface area (Å²) in [5, 5.41) is 12.1. The Morgan fingerprint density at radius 2 is 1.67 bits per heavy atom. The van der Waals surface area contributed by atoms with E-state index in [0.29, 0.717) is 18.5 Å². The highest BCUT2D eigenvalue weighted by Crippen LogP contribution is 2.27. The number of morpholine rings is 1. The number of amides is 1. The van der Waals surface area contributed by atoms with Crippen LogP contribution in [0.4, 0.5) is 11.4 Å². The third-order valence-electron chi connectivity index (χ3n) is 4.60. The zero-order chi connectivity index (χ0) is 16.9. The number of carboxylic acid groups (broad SMARTS) is 1. The Kier molecular flexibility index (Phi) is 5.15. The van der Waals surface area contributed by atoms with Gasteiger partial charge in [0, 0.05) is 24.5 Å². The van der Waals surface area contributed by atoms with E-state index in [1.54, 1.807) is 0 Å². The van der Waals surface area contributed by atoms with Gasteiger partial charge in [-0.3, -0.25) is 9.59 Å². The van der Waals surface area contributed by atoms with Crippen LogP contribution in [0.1, 0.15) is 12.8 Å². The third kappa shape index (κ3) is 3.76. The molecule has 0 radical (unpaired) electrons. The lowest BCUT2D eigenvalue weighted by Gasteiger charge is -2.29. The molecule has 0 spiro atoms. The molecule has 24 heavy (non-hydrogen) atoms. The molecule has 1 heterocycles. The normalized spacial score (nSPS) is 23.8. The lowest BCUT2D eigenvalue weighted by atomic mass is 9.82. The minimum Gasteiger partial charge on any atom is -0.481 e. The molecule has 1 amide bonds. The van der Waals surface area contributed by atoms with Gasteiger partial charge in [0.15, 0.2) is 0 Å². The fraction of sp³-hybridized carbons (Fsp3) is 0.444. The Hall–Kier alpha value is -2.34. The van der Waals surface area contributed by atoms with Crippen LogP contribution in [0.25, 0.3) is 0 Å². The zero-order valence-corrected chi connectivity index (χ0v) is 13.5. The maximum atomic E-state index is 12.4. The standard InChI is InChI=1S/C18H22N2O4/c21-17(15-3-1-2-4-16(15)18(22)23)19-13-5-7-14(8-6-13)20-9-11-24-12-10-20/h1-2,5-8,15-16H,3-4,9-12H2,(H,19,21)(H,22,23)/t15-,16-/m0/s1. The Morgan fingerprint density at radius 1 is 1.04 bits per heavy atom. The molecular weight excluding hydrogens is 308 g/mol. The van der Waals surface area contributed by atoms with Gasteiger partial charge in [-0.1, -0.05) is 12.2 Å². The molecule has 1 aliphatic carbocycles. The maximum absolute atomic E-state index is 12.4. The molecule has 1 aromatic carbocycles. The van der Waals surface area contributed by atoms with E-state index in [0.717, 1.165) is 32.0 Å². The molecule has 0 unspecified atom stereocenters. The molecule has 2 aliphatic rings. The number of carboxylic acids is 1. The molecule has 0 saturated carbocycles. The first-order valence-corrected chi connectivity index (χ1v) is 8.26. The van der Waals surface area contributed by atoms with Crippen LogP contribution in [0, 0.1) is 11.8 Å². The van der Waals surface area contributed by atoms with Crippen molar-refractivity contribution in [3.05, 3.63) is 36.4 Å². The molecule has 128 valence electrons. The Bertz CT molecular complexity index is 620. The predicted octanol–water partition coefficient (Wildman–Crippen LogP) is 2.13. The first-order valence-electron chi connectivity index (χ1n) is 8.26. The number of carbonyl (C=O) groups is 2. The molecule has 6 heteroatoms. The SMILES string of the molecule is O=C(O)[C@H]1CC=CC[C@@H]1C(=O)Nc1ccc(N2CCOCC2)cc1. The Labute approximate surface area is 141 Å². The molecule has 3 rings (SSSR count). The molecule has 1 saturated heterocycles. The van der Waals surface area contributed by atoms with Crippen molar-refractivity contribution in [3.63, 3.8) is 0 Å². The van der Waals surface area contributed by atoms with Gasteiger partial charge in [-0.15, -0.1) is 0 Å². The van der Waals surface area contributed by atoms with Crippen molar-refractivity contribution in [3.8, 4) is 0 Å². The van der Waals surface area contributed by atoms with Crippen molar-refractivity contribution in [1.82, 2.24) is 0 Å². The summed E-state index contributed by atoms with van der Waals surface area (Å²) in [6.45, 7) is 3.18. The summed E-state index contributed by atoms with van der Waals surface area (Å²) in [4.78, 5) is 26.0. The molecule has 1 aromatic rings. The molecule has 6 nitrogen and oxygen atoms in total. The number of hydrogen-bond donors (Lipinski definition) is 2. The number of benzene rings is 1. The third-order valence-corrected chi connectivity index (χ3v) is 4.60. The topological polar surface area (TPSA) is 78.9 Å². The van der Waals surface area contributed by atoms with Gasteiger partial charge in [-0.2, -0.15) is 0 Å². The fourth-order valence-electron chi connectivity index (χ4n) is 3.19. The number of nitrogens with one attached hydrogen (secondary N) is 1. The number of ether oxygens (including phenoxy) is 1. The predicted molar refractivity (Wildman–Crippen MR) is 91.1 cm³/mol. The first-order chi connectivity index (χ1) is 11.6. The number of allylic oxidation sites excluding steroid dienone is 2. The Balaban J connectivity index is 1.63. The molecule has 2 atom stereocenters. The smallest absolute Gasteiger partial charge is 0.307 e. The molecule has 2 N–H and O–H groups in total. The summed E-state index contributed by atoms with van der Waals surface area (Å²) < 4.78 is 5.34. The summed E-state index contributed by atoms with van der Waals surface area (Å²) >= 11 is 0. The fourth-order valence-corrected chi connectivity index (χ4v) is 3.19. The highest BCUT2D eigenvalue weighted by Gasteiger charge is 2.33. The molecule has 1 fully saturated rings. The van der Waals surface area contributed by atoms with E-state index in [2.05, 4.69) is 10.2 Å². The van der Waals surface area contributed by atoms with E-state index in [9.17, 15) is 14.7 Å². The van der Waals surface area contributed by atoms with Crippen LogP contribution < -0.4 is 10.2 Å². The van der Waals surface area contributed by atoms with Gasteiger partial charge in [0.25, 0.3) is 0 Å². The molecule has 0 bridgehead atoms. The largest absolute Gasteiger partial charge is 0.481 e. The van der Waals surface area contributed by atoms with Crippen LogP contribution in [-0.4, -0.2) is 43.3 Å². The van der Waals surface area contributed by atoms with Crippen LogP contribution in [-0.2, 0) is 14.3 Å². The van der Waals surface area contributed by atoms with Gasteiger partial charge in [0.05, 0.1) is 25.0 Å². The van der Waals surface area contributed by atoms with E-state index >= 15 is 0 Å². The van der Waals surface area contributed by atoms with E-state index in [-0.39, 0.29) is 5.91 Å². The van der Waals surface area contributed by atoms with Crippen molar-refractivity contribution in [1.29, 1.82) is 0 Å². The van der Waals surface area contributed by atoms with Gasteiger partial charge in [-0.25, -0.2) is 0 Å². The van der Waals surface area contributed by atoms with E-state index in [4.69, 9.17) is 4.74 Å². The minimum absolute atomic E-state index is 0.231. The highest BCUT2D eigenvalue weighted by atomic mass is 16.5. The summed E-state index contributed by atoms with van der Waals surface area (Å²) in [7, 11) is 0. The molecule has 1 aliphatic heterocycles. The van der Waals surface area contributed by atoms with Crippen LogP contribution in [0.15, 0.2) is 36.4 Å². The summed E-state index contributed by atoms with van der Waals surface area (Å²) in [6.07, 6.45) is 4.59. The lowest BCUT2D eigenvalue weighted by molar-refractivity contribution is -0.146. The van der Waals surface area contributed by atoms with Crippen molar-refractivity contribution < 1.29 is 19.4 Å². The van der Waals surface area contributed by atoms with Gasteiger partial charge in [0.1, 0.15) is 0 Å². The number of hydrogen-bond acceptors (Lipinski definition) is 4. The van der Waals surface area contributed by atoms with Gasteiger partial charge in [0.2, 0.25) is 5.91 Å². The molecular formula is C18H22N2O4. The van der Waals surface area contributed by atoms with Crippen LogP contribution in [0.3, 0.4) is 0 Å². The number of anilines is 2. The second-order valence-corrected chi connectivity index (χ2v) is 6.13. The van der Waals surface area contributed by atoms with Crippen LogP contribution >= 0.6 is 0 Å². The Morgan fingerprint density at radius 3 is 2.29 bits per heavy atom. The second-order valence-electron chi connectivity index (χ2n) is 6.13. The second kappa shape index (κ2) is 7.49. The zero-order valence-electron chi connectivity index (χ0n) is 13.5. The van der Waals surface area contributed by atoms with Gasteiger partial charge in [-0.05, 0) is 37.1 Å². The van der Waals surface area contributed by atoms with Crippen LogP contribution in [0.5, 0.6) is 0 Å². The number of rotatable bonds is 4. The van der Waals surface area contributed by atoms with Crippen molar-refractivity contribution in [2.24, 2.45) is 11.8 Å². The number of aliphatic carboxylic acids is 1. The quantitative estimate of drug-likeness (QED) is 0.827. The van der Waals surface area contributed by atoms with E-state index in [1.165, 1.54) is 0 Å². The minimum atomic E-state index is -0.915. The van der Waals surface area contributed by atoms with Crippen molar-refractivity contribution in [2.75, 3.05) is 36.5 Å². The number of nitrogens with zero attached hydrogens (tertiary/aromatic N) is 1. The van der Waals surface area contributed by atoms with Crippen molar-refractivity contribution >= 4 is 23.3 Å².